The van der Waals surface area contributed by atoms with Gasteiger partial charge in [0.25, 0.3) is 5.91 Å². The van der Waals surface area contributed by atoms with Gasteiger partial charge >= 0.3 is 5.97 Å². The first-order chi connectivity index (χ1) is 10.7. The second-order valence-corrected chi connectivity index (χ2v) is 7.40. The summed E-state index contributed by atoms with van der Waals surface area (Å²) >= 11 is 0. The van der Waals surface area contributed by atoms with Gasteiger partial charge in [-0.25, -0.2) is 0 Å². The fourth-order valence-corrected chi connectivity index (χ4v) is 3.34. The Bertz CT molecular complexity index is 601. The Morgan fingerprint density at radius 3 is 2.52 bits per heavy atom. The van der Waals surface area contributed by atoms with Crippen molar-refractivity contribution in [3.63, 3.8) is 0 Å². The van der Waals surface area contributed by atoms with E-state index in [0.29, 0.717) is 25.1 Å². The van der Waals surface area contributed by atoms with Crippen LogP contribution in [0.5, 0.6) is 0 Å². The zero-order chi connectivity index (χ0) is 17.4. The Hall–Kier alpha value is -1.85. The summed E-state index contributed by atoms with van der Waals surface area (Å²) in [6.07, 6.45) is 2.90. The van der Waals surface area contributed by atoms with E-state index in [9.17, 15) is 14.7 Å². The van der Waals surface area contributed by atoms with Crippen LogP contribution in [0.15, 0.2) is 6.20 Å². The summed E-state index contributed by atoms with van der Waals surface area (Å²) in [6.45, 7) is 11.1. The smallest absolute Gasteiger partial charge is 0.306 e. The van der Waals surface area contributed by atoms with Gasteiger partial charge in [-0.15, -0.1) is 0 Å². The lowest BCUT2D eigenvalue weighted by atomic mass is 9.87. The van der Waals surface area contributed by atoms with Crippen molar-refractivity contribution in [2.24, 2.45) is 11.8 Å². The zero-order valence-electron chi connectivity index (χ0n) is 14.7. The lowest BCUT2D eigenvalue weighted by Crippen LogP contribution is -2.45. The Morgan fingerprint density at radius 2 is 2.04 bits per heavy atom. The van der Waals surface area contributed by atoms with Crippen LogP contribution in [-0.4, -0.2) is 44.8 Å². The number of amides is 1. The molecule has 0 aromatic carbocycles. The van der Waals surface area contributed by atoms with Gasteiger partial charge in [0.15, 0.2) is 0 Å². The van der Waals surface area contributed by atoms with E-state index in [2.05, 4.69) is 25.9 Å². The number of carbonyl (C=O) groups excluding carboxylic acids is 1. The predicted octanol–water partition coefficient (Wildman–Crippen LogP) is 2.38. The van der Waals surface area contributed by atoms with Gasteiger partial charge in [0, 0.05) is 13.1 Å². The summed E-state index contributed by atoms with van der Waals surface area (Å²) in [4.78, 5) is 25.8. The molecule has 0 radical (unpaired) electrons. The second-order valence-electron chi connectivity index (χ2n) is 7.40. The van der Waals surface area contributed by atoms with E-state index >= 15 is 0 Å². The van der Waals surface area contributed by atoms with Crippen LogP contribution < -0.4 is 0 Å². The maximum atomic E-state index is 12.9. The minimum Gasteiger partial charge on any atom is -0.481 e. The van der Waals surface area contributed by atoms with Gasteiger partial charge in [-0.3, -0.25) is 14.3 Å². The summed E-state index contributed by atoms with van der Waals surface area (Å²) in [5.41, 5.74) is 1.41. The molecule has 1 fully saturated rings. The molecule has 0 bridgehead atoms. The minimum atomic E-state index is -0.764. The molecule has 1 aromatic heterocycles. The van der Waals surface area contributed by atoms with Crippen LogP contribution in [-0.2, 0) is 16.8 Å². The lowest BCUT2D eigenvalue weighted by Gasteiger charge is -2.35. The molecule has 0 spiro atoms. The minimum absolute atomic E-state index is 0.0342. The van der Waals surface area contributed by atoms with Crippen molar-refractivity contribution >= 4 is 11.9 Å². The maximum absolute atomic E-state index is 12.9. The predicted molar refractivity (Wildman–Crippen MR) is 87.4 cm³/mol. The van der Waals surface area contributed by atoms with Gasteiger partial charge in [0.1, 0.15) is 0 Å². The molecular weight excluding hydrogens is 294 g/mol. The van der Waals surface area contributed by atoms with Gasteiger partial charge in [-0.05, 0) is 39.5 Å². The molecule has 1 N–H and O–H groups in total. The van der Waals surface area contributed by atoms with Gasteiger partial charge in [-0.1, -0.05) is 13.8 Å². The van der Waals surface area contributed by atoms with Gasteiger partial charge in [0.2, 0.25) is 0 Å². The monoisotopic (exact) mass is 321 g/mol. The number of hydrogen-bond acceptors (Lipinski definition) is 3. The van der Waals surface area contributed by atoms with Crippen molar-refractivity contribution < 1.29 is 14.7 Å². The van der Waals surface area contributed by atoms with E-state index in [1.807, 2.05) is 18.5 Å². The van der Waals surface area contributed by atoms with Crippen LogP contribution in [0.25, 0.3) is 0 Å². The number of nitrogens with zero attached hydrogens (tertiary/aromatic N) is 3. The average Bonchev–Trinajstić information content (AvgIpc) is 2.89. The van der Waals surface area contributed by atoms with Crippen molar-refractivity contribution in [1.82, 2.24) is 14.7 Å². The molecule has 128 valence electrons. The first-order valence-electron chi connectivity index (χ1n) is 8.26. The van der Waals surface area contributed by atoms with E-state index in [4.69, 9.17) is 0 Å². The third-order valence-electron chi connectivity index (χ3n) is 4.58. The van der Waals surface area contributed by atoms with Gasteiger partial charge in [0.05, 0.1) is 28.9 Å². The molecule has 0 saturated carbocycles. The molecule has 1 amide bonds. The number of carboxylic acid groups (broad SMARTS) is 1. The quantitative estimate of drug-likeness (QED) is 0.927. The molecule has 2 heterocycles. The third kappa shape index (κ3) is 3.41. The fraction of sp³-hybridized carbons (Fsp3) is 0.706. The summed E-state index contributed by atoms with van der Waals surface area (Å²) in [5, 5.41) is 13.6. The van der Waals surface area contributed by atoms with E-state index < -0.39 is 5.97 Å². The number of hydrogen-bond donors (Lipinski definition) is 1. The zero-order valence-corrected chi connectivity index (χ0v) is 14.7. The standard InChI is InChI=1S/C17H27N3O3/c1-6-14-13(9-18-20(14)17(3,4)5)15(21)19-8-7-12(16(22)23)11(2)10-19/h9,11-12H,6-8,10H2,1-5H3,(H,22,23). The van der Waals surface area contributed by atoms with Gasteiger partial charge in [-0.2, -0.15) is 5.10 Å². The van der Waals surface area contributed by atoms with Crippen molar-refractivity contribution in [3.05, 3.63) is 17.5 Å². The van der Waals surface area contributed by atoms with E-state index in [0.717, 1.165) is 12.1 Å². The molecular formula is C17H27N3O3. The molecule has 6 heteroatoms. The maximum Gasteiger partial charge on any atom is 0.306 e. The molecule has 2 atom stereocenters. The molecule has 1 aromatic rings. The SMILES string of the molecule is CCc1c(C(=O)N2CCC(C(=O)O)C(C)C2)cnn1C(C)(C)C. The first kappa shape index (κ1) is 17.5. The van der Waals surface area contributed by atoms with Crippen molar-refractivity contribution in [3.8, 4) is 0 Å². The lowest BCUT2D eigenvalue weighted by molar-refractivity contribution is -0.145. The van der Waals surface area contributed by atoms with Gasteiger partial charge < -0.3 is 10.0 Å². The largest absolute Gasteiger partial charge is 0.481 e. The topological polar surface area (TPSA) is 75.4 Å². The van der Waals surface area contributed by atoms with Crippen molar-refractivity contribution in [1.29, 1.82) is 0 Å². The molecule has 1 saturated heterocycles. The Kier molecular flexibility index (Phi) is 4.82. The number of aliphatic carboxylic acids is 1. The number of carboxylic acids is 1. The molecule has 2 rings (SSSR count). The third-order valence-corrected chi connectivity index (χ3v) is 4.58. The highest BCUT2D eigenvalue weighted by molar-refractivity contribution is 5.95. The average molecular weight is 321 g/mol. The fourth-order valence-electron chi connectivity index (χ4n) is 3.34. The molecule has 1 aliphatic heterocycles. The Balaban J connectivity index is 2.22. The molecule has 0 aliphatic carbocycles. The second kappa shape index (κ2) is 6.34. The summed E-state index contributed by atoms with van der Waals surface area (Å²) in [6, 6.07) is 0. The van der Waals surface area contributed by atoms with Crippen molar-refractivity contribution in [2.75, 3.05) is 13.1 Å². The summed E-state index contributed by atoms with van der Waals surface area (Å²) in [5.74, 6) is -1.19. The van der Waals surface area contributed by atoms with E-state index in [1.165, 1.54) is 0 Å². The molecule has 2 unspecified atom stereocenters. The van der Waals surface area contributed by atoms with E-state index in [-0.39, 0.29) is 23.3 Å². The highest BCUT2D eigenvalue weighted by Crippen LogP contribution is 2.26. The summed E-state index contributed by atoms with van der Waals surface area (Å²) < 4.78 is 1.91. The highest BCUT2D eigenvalue weighted by atomic mass is 16.4. The number of piperidine rings is 1. The molecule has 1 aliphatic rings. The van der Waals surface area contributed by atoms with Crippen LogP contribution in [0, 0.1) is 11.8 Å². The van der Waals surface area contributed by atoms with Crippen LogP contribution in [0.3, 0.4) is 0 Å². The first-order valence-corrected chi connectivity index (χ1v) is 8.26. The van der Waals surface area contributed by atoms with E-state index in [1.54, 1.807) is 11.1 Å². The Morgan fingerprint density at radius 1 is 1.39 bits per heavy atom. The molecule has 6 nitrogen and oxygen atoms in total. The number of carbonyl (C=O) groups is 2. The number of aromatic nitrogens is 2. The number of likely N-dealkylation sites (tertiary alicyclic amines) is 1. The van der Waals surface area contributed by atoms with Crippen LogP contribution >= 0.6 is 0 Å². The summed E-state index contributed by atoms with van der Waals surface area (Å²) in [7, 11) is 0. The van der Waals surface area contributed by atoms with Crippen LogP contribution in [0.1, 0.15) is 57.1 Å². The highest BCUT2D eigenvalue weighted by Gasteiger charge is 2.34. The van der Waals surface area contributed by atoms with Crippen molar-refractivity contribution in [2.45, 2.75) is 53.0 Å². The number of rotatable bonds is 3. The normalized spacial score (nSPS) is 22.2. The van der Waals surface area contributed by atoms with Crippen LogP contribution in [0.2, 0.25) is 0 Å². The molecule has 23 heavy (non-hydrogen) atoms. The Labute approximate surface area is 137 Å². The van der Waals surface area contributed by atoms with Crippen LogP contribution in [0.4, 0.5) is 0 Å².